The standard InChI is InChI=1S/C17H23N3.2ClH/c18-10-12-20(11-9-15-5-2-1-3-6-15)14-16-7-4-8-17(19)13-16;;/h1-8,13H,9-12,14,18-19H2;2*1H. The lowest BCUT2D eigenvalue weighted by Gasteiger charge is -2.22. The Kier molecular flexibility index (Phi) is 10.7. The van der Waals surface area contributed by atoms with Gasteiger partial charge >= 0.3 is 0 Å². The second kappa shape index (κ2) is 11.3. The summed E-state index contributed by atoms with van der Waals surface area (Å²) in [6, 6.07) is 18.6. The number of benzene rings is 2. The molecule has 0 aliphatic heterocycles. The summed E-state index contributed by atoms with van der Waals surface area (Å²) in [6.07, 6.45) is 1.04. The molecule has 2 rings (SSSR count). The number of hydrogen-bond donors (Lipinski definition) is 2. The first kappa shape index (κ1) is 20.7. The van der Waals surface area contributed by atoms with E-state index < -0.39 is 0 Å². The summed E-state index contributed by atoms with van der Waals surface area (Å²) in [6.45, 7) is 3.49. The van der Waals surface area contributed by atoms with Crippen LogP contribution in [0.4, 0.5) is 5.69 Å². The molecule has 0 aliphatic rings. The van der Waals surface area contributed by atoms with Crippen LogP contribution >= 0.6 is 24.8 Å². The van der Waals surface area contributed by atoms with E-state index in [2.05, 4.69) is 35.2 Å². The van der Waals surface area contributed by atoms with Gasteiger partial charge in [0.15, 0.2) is 0 Å². The summed E-state index contributed by atoms with van der Waals surface area (Å²) in [7, 11) is 0. The highest BCUT2D eigenvalue weighted by atomic mass is 35.5. The minimum absolute atomic E-state index is 0. The van der Waals surface area contributed by atoms with Crippen LogP contribution in [0.1, 0.15) is 11.1 Å². The van der Waals surface area contributed by atoms with Gasteiger partial charge in [0.25, 0.3) is 0 Å². The van der Waals surface area contributed by atoms with Crippen LogP contribution in [-0.4, -0.2) is 24.5 Å². The quantitative estimate of drug-likeness (QED) is 0.760. The van der Waals surface area contributed by atoms with Gasteiger partial charge in [-0.15, -0.1) is 24.8 Å². The Morgan fingerprint density at radius 1 is 0.818 bits per heavy atom. The molecule has 0 radical (unpaired) electrons. The number of hydrogen-bond acceptors (Lipinski definition) is 3. The smallest absolute Gasteiger partial charge is 0.0317 e. The number of anilines is 1. The van der Waals surface area contributed by atoms with Crippen LogP contribution in [0.25, 0.3) is 0 Å². The molecule has 0 bridgehead atoms. The lowest BCUT2D eigenvalue weighted by atomic mass is 10.1. The average Bonchev–Trinajstić information content (AvgIpc) is 2.46. The monoisotopic (exact) mass is 341 g/mol. The summed E-state index contributed by atoms with van der Waals surface area (Å²) in [5.41, 5.74) is 15.0. The fraction of sp³-hybridized carbons (Fsp3) is 0.294. The molecule has 0 saturated heterocycles. The van der Waals surface area contributed by atoms with Crippen molar-refractivity contribution in [3.05, 3.63) is 65.7 Å². The van der Waals surface area contributed by atoms with Crippen molar-refractivity contribution in [1.82, 2.24) is 4.90 Å². The van der Waals surface area contributed by atoms with E-state index in [9.17, 15) is 0 Å². The number of halogens is 2. The topological polar surface area (TPSA) is 55.3 Å². The fourth-order valence-corrected chi connectivity index (χ4v) is 2.33. The van der Waals surface area contributed by atoms with Gasteiger partial charge in [0.05, 0.1) is 0 Å². The van der Waals surface area contributed by atoms with Gasteiger partial charge in [-0.25, -0.2) is 0 Å². The number of nitrogens with two attached hydrogens (primary N) is 2. The third-order valence-electron chi connectivity index (χ3n) is 3.36. The summed E-state index contributed by atoms with van der Waals surface area (Å²) in [5, 5.41) is 0. The highest BCUT2D eigenvalue weighted by Crippen LogP contribution is 2.10. The van der Waals surface area contributed by atoms with Crippen LogP contribution in [0.2, 0.25) is 0 Å². The van der Waals surface area contributed by atoms with E-state index >= 15 is 0 Å². The van der Waals surface area contributed by atoms with Crippen LogP contribution in [0, 0.1) is 0 Å². The van der Waals surface area contributed by atoms with Crippen molar-refractivity contribution in [2.75, 3.05) is 25.4 Å². The Labute approximate surface area is 145 Å². The van der Waals surface area contributed by atoms with Gasteiger partial charge in [-0.2, -0.15) is 0 Å². The second-order valence-corrected chi connectivity index (χ2v) is 5.05. The predicted molar refractivity (Wildman–Crippen MR) is 99.8 cm³/mol. The van der Waals surface area contributed by atoms with Gasteiger partial charge in [-0.1, -0.05) is 42.5 Å². The van der Waals surface area contributed by atoms with Crippen molar-refractivity contribution in [3.8, 4) is 0 Å². The summed E-state index contributed by atoms with van der Waals surface area (Å²) < 4.78 is 0. The van der Waals surface area contributed by atoms with Gasteiger partial charge in [0.1, 0.15) is 0 Å². The Morgan fingerprint density at radius 2 is 1.50 bits per heavy atom. The van der Waals surface area contributed by atoms with E-state index in [1.54, 1.807) is 0 Å². The van der Waals surface area contributed by atoms with Crippen LogP contribution in [0.5, 0.6) is 0 Å². The molecule has 0 amide bonds. The molecular weight excluding hydrogens is 317 g/mol. The van der Waals surface area contributed by atoms with Gasteiger partial charge in [-0.05, 0) is 29.7 Å². The fourth-order valence-electron chi connectivity index (χ4n) is 2.33. The van der Waals surface area contributed by atoms with Crippen LogP contribution in [0.15, 0.2) is 54.6 Å². The van der Waals surface area contributed by atoms with Crippen LogP contribution in [0.3, 0.4) is 0 Å². The largest absolute Gasteiger partial charge is 0.399 e. The third-order valence-corrected chi connectivity index (χ3v) is 3.36. The van der Waals surface area contributed by atoms with E-state index in [4.69, 9.17) is 11.5 Å². The first-order chi connectivity index (χ1) is 9.78. The van der Waals surface area contributed by atoms with Crippen molar-refractivity contribution in [3.63, 3.8) is 0 Å². The minimum atomic E-state index is 0. The molecule has 5 heteroatoms. The molecule has 22 heavy (non-hydrogen) atoms. The lowest BCUT2D eigenvalue weighted by Crippen LogP contribution is -2.31. The summed E-state index contributed by atoms with van der Waals surface area (Å²) in [5.74, 6) is 0. The normalized spacial score (nSPS) is 9.91. The Bertz CT molecular complexity index is 520. The number of rotatable bonds is 7. The van der Waals surface area contributed by atoms with Gasteiger partial charge in [0, 0.05) is 31.9 Å². The SMILES string of the molecule is Cl.Cl.NCCN(CCc1ccccc1)Cc1cccc(N)c1. The molecule has 0 spiro atoms. The first-order valence-corrected chi connectivity index (χ1v) is 7.08. The Balaban J connectivity index is 0.00000220. The van der Waals surface area contributed by atoms with E-state index in [0.29, 0.717) is 6.54 Å². The second-order valence-electron chi connectivity index (χ2n) is 5.05. The molecule has 0 aliphatic carbocycles. The highest BCUT2D eigenvalue weighted by Gasteiger charge is 2.06. The van der Waals surface area contributed by atoms with E-state index in [-0.39, 0.29) is 24.8 Å². The molecule has 0 atom stereocenters. The maximum atomic E-state index is 5.83. The molecule has 0 heterocycles. The summed E-state index contributed by atoms with van der Waals surface area (Å²) in [4.78, 5) is 2.38. The Hall–Kier alpha value is -1.26. The third kappa shape index (κ3) is 7.14. The zero-order valence-electron chi connectivity index (χ0n) is 12.7. The van der Waals surface area contributed by atoms with Gasteiger partial charge in [-0.3, -0.25) is 4.90 Å². The summed E-state index contributed by atoms with van der Waals surface area (Å²) >= 11 is 0. The Morgan fingerprint density at radius 3 is 2.14 bits per heavy atom. The zero-order chi connectivity index (χ0) is 14.2. The van der Waals surface area contributed by atoms with Crippen molar-refractivity contribution in [2.45, 2.75) is 13.0 Å². The first-order valence-electron chi connectivity index (χ1n) is 7.08. The van der Waals surface area contributed by atoms with Gasteiger partial charge < -0.3 is 11.5 Å². The highest BCUT2D eigenvalue weighted by molar-refractivity contribution is 5.85. The maximum Gasteiger partial charge on any atom is 0.0317 e. The predicted octanol–water partition coefficient (Wildman–Crippen LogP) is 3.12. The average molecular weight is 342 g/mol. The van der Waals surface area contributed by atoms with Crippen molar-refractivity contribution >= 4 is 30.5 Å². The molecule has 2 aromatic rings. The molecule has 0 aromatic heterocycles. The van der Waals surface area contributed by atoms with E-state index in [1.165, 1.54) is 11.1 Å². The zero-order valence-corrected chi connectivity index (χ0v) is 14.3. The minimum Gasteiger partial charge on any atom is -0.399 e. The van der Waals surface area contributed by atoms with Crippen molar-refractivity contribution in [2.24, 2.45) is 5.73 Å². The molecule has 3 nitrogen and oxygen atoms in total. The van der Waals surface area contributed by atoms with E-state index in [1.807, 2.05) is 24.3 Å². The van der Waals surface area contributed by atoms with Crippen LogP contribution in [-0.2, 0) is 13.0 Å². The van der Waals surface area contributed by atoms with E-state index in [0.717, 1.165) is 31.7 Å². The van der Waals surface area contributed by atoms with Gasteiger partial charge in [0.2, 0.25) is 0 Å². The van der Waals surface area contributed by atoms with Crippen molar-refractivity contribution in [1.29, 1.82) is 0 Å². The maximum absolute atomic E-state index is 5.83. The molecular formula is C17H25Cl2N3. The molecule has 2 aromatic carbocycles. The van der Waals surface area contributed by atoms with Crippen molar-refractivity contribution < 1.29 is 0 Å². The molecule has 122 valence electrons. The lowest BCUT2D eigenvalue weighted by molar-refractivity contribution is 0.276. The number of nitrogen functional groups attached to an aromatic ring is 1. The molecule has 0 unspecified atom stereocenters. The molecule has 0 fully saturated rings. The molecule has 0 saturated carbocycles. The number of nitrogens with zero attached hydrogens (tertiary/aromatic N) is 1. The molecule has 4 N–H and O–H groups in total. The van der Waals surface area contributed by atoms with Crippen LogP contribution < -0.4 is 11.5 Å².